The van der Waals surface area contributed by atoms with Crippen LogP contribution in [0.5, 0.6) is 5.75 Å². The van der Waals surface area contributed by atoms with Gasteiger partial charge in [-0.15, -0.1) is 0 Å². The van der Waals surface area contributed by atoms with Crippen LogP contribution in [0.1, 0.15) is 33.3 Å². The third-order valence-corrected chi connectivity index (χ3v) is 8.36. The van der Waals surface area contributed by atoms with E-state index in [1.54, 1.807) is 55.5 Å². The molecule has 0 radical (unpaired) electrons. The number of methoxy groups -OCH3 is 1. The van der Waals surface area contributed by atoms with Crippen LogP contribution in [-0.4, -0.2) is 50.4 Å². The number of nitrogens with zero attached hydrogens (tertiary/aromatic N) is 2. The molecule has 214 valence electrons. The molecule has 40 heavy (non-hydrogen) atoms. The lowest BCUT2D eigenvalue weighted by Gasteiger charge is -2.34. The standard InChI is InChI=1S/C29H33Cl2N3O5S/c1-20(28(36)32-29(2,3)4)33(18-21-11-9-10-14-24(21)31)27(35)19-34(25-17-22(30)15-16-26(25)39-5)40(37,38)23-12-7-6-8-13-23/h6-17,20H,18-19H2,1-5H3,(H,32,36)/t20-/m1/s1. The van der Waals surface area contributed by atoms with Gasteiger partial charge in [0.15, 0.2) is 0 Å². The third kappa shape index (κ3) is 7.68. The number of rotatable bonds is 10. The predicted molar refractivity (Wildman–Crippen MR) is 158 cm³/mol. The summed E-state index contributed by atoms with van der Waals surface area (Å²) in [4.78, 5) is 28.5. The minimum absolute atomic E-state index is 0.0247. The number of halogens is 2. The van der Waals surface area contributed by atoms with Crippen molar-refractivity contribution in [1.82, 2.24) is 10.2 Å². The molecule has 0 saturated heterocycles. The average molecular weight is 607 g/mol. The lowest BCUT2D eigenvalue weighted by Crippen LogP contribution is -2.54. The lowest BCUT2D eigenvalue weighted by atomic mass is 10.1. The van der Waals surface area contributed by atoms with Crippen LogP contribution in [0.25, 0.3) is 0 Å². The Kier molecular flexibility index (Phi) is 10.1. The lowest BCUT2D eigenvalue weighted by molar-refractivity contribution is -0.140. The summed E-state index contributed by atoms with van der Waals surface area (Å²) in [6, 6.07) is 18.2. The molecule has 1 atom stereocenters. The van der Waals surface area contributed by atoms with Gasteiger partial charge < -0.3 is 15.0 Å². The predicted octanol–water partition coefficient (Wildman–Crippen LogP) is 5.53. The van der Waals surface area contributed by atoms with Crippen molar-refractivity contribution in [1.29, 1.82) is 0 Å². The second kappa shape index (κ2) is 12.9. The van der Waals surface area contributed by atoms with E-state index in [9.17, 15) is 18.0 Å². The van der Waals surface area contributed by atoms with Gasteiger partial charge >= 0.3 is 0 Å². The second-order valence-electron chi connectivity index (χ2n) is 10.2. The summed E-state index contributed by atoms with van der Waals surface area (Å²) >= 11 is 12.7. The first kappa shape index (κ1) is 31.3. The topological polar surface area (TPSA) is 96.0 Å². The Morgan fingerprint density at radius 3 is 2.20 bits per heavy atom. The maximum atomic E-state index is 14.0. The van der Waals surface area contributed by atoms with Crippen LogP contribution >= 0.6 is 23.2 Å². The van der Waals surface area contributed by atoms with Gasteiger partial charge in [0.05, 0.1) is 17.7 Å². The largest absolute Gasteiger partial charge is 0.495 e. The molecule has 1 N–H and O–H groups in total. The van der Waals surface area contributed by atoms with Crippen LogP contribution in [0.2, 0.25) is 10.0 Å². The first-order valence-corrected chi connectivity index (χ1v) is 14.7. The van der Waals surface area contributed by atoms with Gasteiger partial charge in [0.25, 0.3) is 10.0 Å². The number of benzene rings is 3. The Labute approximate surface area is 245 Å². The number of anilines is 1. The zero-order valence-corrected chi connectivity index (χ0v) is 25.3. The van der Waals surface area contributed by atoms with Crippen LogP contribution in [0.15, 0.2) is 77.7 Å². The molecule has 0 fully saturated rings. The van der Waals surface area contributed by atoms with E-state index in [0.717, 1.165) is 4.31 Å². The van der Waals surface area contributed by atoms with E-state index in [4.69, 9.17) is 27.9 Å². The molecule has 3 aromatic carbocycles. The van der Waals surface area contributed by atoms with E-state index in [-0.39, 0.29) is 27.9 Å². The first-order chi connectivity index (χ1) is 18.7. The monoisotopic (exact) mass is 605 g/mol. The summed E-state index contributed by atoms with van der Waals surface area (Å²) in [6.07, 6.45) is 0. The summed E-state index contributed by atoms with van der Waals surface area (Å²) in [7, 11) is -2.87. The van der Waals surface area contributed by atoms with E-state index >= 15 is 0 Å². The number of carbonyl (C=O) groups is 2. The molecule has 2 amide bonds. The summed E-state index contributed by atoms with van der Waals surface area (Å²) in [5.74, 6) is -0.823. The smallest absolute Gasteiger partial charge is 0.264 e. The zero-order valence-electron chi connectivity index (χ0n) is 23.0. The molecule has 3 aromatic rings. The molecular formula is C29H33Cl2N3O5S. The zero-order chi connectivity index (χ0) is 29.7. The first-order valence-electron chi connectivity index (χ1n) is 12.5. The molecule has 8 nitrogen and oxygen atoms in total. The van der Waals surface area contributed by atoms with Gasteiger partial charge in [0.1, 0.15) is 18.3 Å². The van der Waals surface area contributed by atoms with Crippen molar-refractivity contribution in [3.63, 3.8) is 0 Å². The Hall–Kier alpha value is -3.27. The minimum atomic E-state index is -4.27. The van der Waals surface area contributed by atoms with E-state index in [2.05, 4.69) is 5.32 Å². The molecule has 0 heterocycles. The molecule has 3 rings (SSSR count). The fourth-order valence-corrected chi connectivity index (χ4v) is 5.76. The Bertz CT molecular complexity index is 1460. The number of hydrogen-bond acceptors (Lipinski definition) is 5. The number of amides is 2. The molecule has 0 aliphatic heterocycles. The van der Waals surface area contributed by atoms with Gasteiger partial charge in [-0.2, -0.15) is 0 Å². The summed E-state index contributed by atoms with van der Waals surface area (Å²) < 4.78 is 34.2. The van der Waals surface area contributed by atoms with Crippen LogP contribution in [0.3, 0.4) is 0 Å². The second-order valence-corrected chi connectivity index (χ2v) is 12.9. The van der Waals surface area contributed by atoms with Crippen molar-refractivity contribution >= 4 is 50.7 Å². The number of hydrogen-bond donors (Lipinski definition) is 1. The number of sulfonamides is 1. The van der Waals surface area contributed by atoms with Crippen LogP contribution < -0.4 is 14.4 Å². The molecular weight excluding hydrogens is 573 g/mol. The minimum Gasteiger partial charge on any atom is -0.495 e. The molecule has 0 unspecified atom stereocenters. The fraction of sp³-hybridized carbons (Fsp3) is 0.310. The Morgan fingerprint density at radius 1 is 0.975 bits per heavy atom. The van der Waals surface area contributed by atoms with Gasteiger partial charge in [0, 0.05) is 22.1 Å². The number of ether oxygens (including phenoxy) is 1. The molecule has 11 heteroatoms. The third-order valence-electron chi connectivity index (χ3n) is 5.98. The molecule has 0 aliphatic carbocycles. The maximum Gasteiger partial charge on any atom is 0.264 e. The summed E-state index contributed by atoms with van der Waals surface area (Å²) in [5, 5.41) is 3.55. The van der Waals surface area contributed by atoms with E-state index in [1.165, 1.54) is 36.3 Å². The Balaban J connectivity index is 2.11. The molecule has 0 saturated carbocycles. The number of nitrogens with one attached hydrogen (secondary N) is 1. The quantitative estimate of drug-likeness (QED) is 0.328. The summed E-state index contributed by atoms with van der Waals surface area (Å²) in [6.45, 7) is 6.42. The van der Waals surface area contributed by atoms with Crippen LogP contribution in [-0.2, 0) is 26.2 Å². The van der Waals surface area contributed by atoms with E-state index in [0.29, 0.717) is 10.6 Å². The molecule has 0 aromatic heterocycles. The molecule has 0 bridgehead atoms. The highest BCUT2D eigenvalue weighted by molar-refractivity contribution is 7.92. The normalized spacial score (nSPS) is 12.4. The van der Waals surface area contributed by atoms with Crippen molar-refractivity contribution in [2.24, 2.45) is 0 Å². The van der Waals surface area contributed by atoms with Gasteiger partial charge in [-0.1, -0.05) is 59.6 Å². The van der Waals surface area contributed by atoms with Crippen molar-refractivity contribution in [2.45, 2.75) is 50.7 Å². The van der Waals surface area contributed by atoms with Crippen LogP contribution in [0, 0.1) is 0 Å². The summed E-state index contributed by atoms with van der Waals surface area (Å²) in [5.41, 5.74) is 0.129. The molecule has 0 aliphatic rings. The van der Waals surface area contributed by atoms with Crippen molar-refractivity contribution < 1.29 is 22.7 Å². The van der Waals surface area contributed by atoms with Crippen molar-refractivity contribution in [2.75, 3.05) is 18.0 Å². The maximum absolute atomic E-state index is 14.0. The van der Waals surface area contributed by atoms with E-state index in [1.807, 2.05) is 20.8 Å². The van der Waals surface area contributed by atoms with E-state index < -0.39 is 40.0 Å². The highest BCUT2D eigenvalue weighted by Crippen LogP contribution is 2.35. The average Bonchev–Trinajstić information content (AvgIpc) is 2.90. The molecule has 0 spiro atoms. The highest BCUT2D eigenvalue weighted by Gasteiger charge is 2.34. The fourth-order valence-electron chi connectivity index (χ4n) is 3.96. The SMILES string of the molecule is COc1ccc(Cl)cc1N(CC(=O)N(Cc1ccccc1Cl)[C@H](C)C(=O)NC(C)(C)C)S(=O)(=O)c1ccccc1. The van der Waals surface area contributed by atoms with Crippen LogP contribution in [0.4, 0.5) is 5.69 Å². The number of carbonyl (C=O) groups excluding carboxylic acids is 2. The highest BCUT2D eigenvalue weighted by atomic mass is 35.5. The van der Waals surface area contributed by atoms with Gasteiger partial charge in [-0.3, -0.25) is 13.9 Å². The van der Waals surface area contributed by atoms with Gasteiger partial charge in [-0.25, -0.2) is 8.42 Å². The Morgan fingerprint density at radius 2 is 1.60 bits per heavy atom. The van der Waals surface area contributed by atoms with Gasteiger partial charge in [0.2, 0.25) is 11.8 Å². The van der Waals surface area contributed by atoms with Gasteiger partial charge in [-0.05, 0) is 69.7 Å². The van der Waals surface area contributed by atoms with Crippen molar-refractivity contribution in [3.05, 3.63) is 88.4 Å². The van der Waals surface area contributed by atoms with Crippen molar-refractivity contribution in [3.8, 4) is 5.75 Å².